The Kier molecular flexibility index (Phi) is 10.4. The lowest BCUT2D eigenvalue weighted by Gasteiger charge is -1.90. The van der Waals surface area contributed by atoms with E-state index >= 15 is 0 Å². The van der Waals surface area contributed by atoms with Gasteiger partial charge in [-0.2, -0.15) is 0 Å². The number of aromatic nitrogens is 1. The maximum absolute atomic E-state index is 10.1. The largest absolute Gasteiger partial charge is 0.305 e. The molecule has 0 aliphatic rings. The summed E-state index contributed by atoms with van der Waals surface area (Å²) in [5.74, 6) is 0. The molecule has 0 bridgehead atoms. The van der Waals surface area contributed by atoms with Crippen LogP contribution >= 0.6 is 11.6 Å². The predicted octanol–water partition coefficient (Wildman–Crippen LogP) is 3.47. The number of hydrogen-bond acceptors (Lipinski definition) is 3. The molecule has 4 nitrogen and oxygen atoms in total. The zero-order valence-electron chi connectivity index (χ0n) is 8.24. The van der Waals surface area contributed by atoms with Gasteiger partial charge in [0.05, 0.1) is 4.92 Å². The molecular formula is C9H13ClN2O2. The zero-order chi connectivity index (χ0) is 11.6. The fourth-order valence-electron chi connectivity index (χ4n) is 0.504. The molecule has 0 atom stereocenters. The summed E-state index contributed by atoms with van der Waals surface area (Å²) in [6.45, 7) is 10.0. The molecular weight excluding hydrogens is 204 g/mol. The molecule has 1 aromatic rings. The molecule has 78 valence electrons. The Hall–Kier alpha value is -1.42. The van der Waals surface area contributed by atoms with Crippen molar-refractivity contribution >= 4 is 17.3 Å². The Morgan fingerprint density at radius 3 is 2.29 bits per heavy atom. The van der Waals surface area contributed by atoms with Crippen molar-refractivity contribution in [1.29, 1.82) is 0 Å². The molecule has 0 saturated heterocycles. The zero-order valence-corrected chi connectivity index (χ0v) is 8.99. The molecule has 0 aliphatic heterocycles. The minimum absolute atomic E-state index is 0.111. The molecule has 0 fully saturated rings. The third-order valence-corrected chi connectivity index (χ3v) is 1.26. The van der Waals surface area contributed by atoms with Gasteiger partial charge in [-0.25, -0.2) is 0 Å². The van der Waals surface area contributed by atoms with E-state index in [1.807, 2.05) is 13.8 Å². The monoisotopic (exact) mass is 216 g/mol. The highest BCUT2D eigenvalue weighted by atomic mass is 35.5. The average molecular weight is 217 g/mol. The van der Waals surface area contributed by atoms with Crippen molar-refractivity contribution in [1.82, 2.24) is 4.98 Å². The lowest BCUT2D eigenvalue weighted by molar-refractivity contribution is -0.385. The first kappa shape index (κ1) is 15.1. The van der Waals surface area contributed by atoms with E-state index in [9.17, 15) is 10.1 Å². The molecule has 1 heterocycles. The first-order chi connectivity index (χ1) is 6.72. The fourth-order valence-corrected chi connectivity index (χ4v) is 0.678. The van der Waals surface area contributed by atoms with Gasteiger partial charge >= 0.3 is 5.69 Å². The van der Waals surface area contributed by atoms with Crippen molar-refractivity contribution in [2.75, 3.05) is 0 Å². The molecule has 0 saturated carbocycles. The maximum atomic E-state index is 10.1. The standard InChI is InChI=1S/C5H3ClN2O2.C2H6.C2H4/c6-4-1-2-7-3-5(4)8(9)10;2*1-2/h1-3H;1-2H3;1-2H2. The van der Waals surface area contributed by atoms with Crippen LogP contribution in [-0.2, 0) is 0 Å². The topological polar surface area (TPSA) is 56.0 Å². The van der Waals surface area contributed by atoms with E-state index in [-0.39, 0.29) is 10.7 Å². The molecule has 0 aromatic carbocycles. The van der Waals surface area contributed by atoms with Crippen LogP contribution in [0.1, 0.15) is 13.8 Å². The lowest BCUT2D eigenvalue weighted by Crippen LogP contribution is -1.88. The second kappa shape index (κ2) is 9.67. The van der Waals surface area contributed by atoms with Crippen LogP contribution in [0, 0.1) is 10.1 Å². The molecule has 0 amide bonds. The van der Waals surface area contributed by atoms with Crippen molar-refractivity contribution in [2.45, 2.75) is 13.8 Å². The summed E-state index contributed by atoms with van der Waals surface area (Å²) in [6, 6.07) is 1.37. The molecule has 0 spiro atoms. The van der Waals surface area contributed by atoms with E-state index in [1.165, 1.54) is 12.3 Å². The second-order valence-electron chi connectivity index (χ2n) is 1.58. The Bertz CT molecular complexity index is 279. The van der Waals surface area contributed by atoms with E-state index in [2.05, 4.69) is 18.1 Å². The van der Waals surface area contributed by atoms with Gasteiger partial charge in [0.1, 0.15) is 11.2 Å². The summed E-state index contributed by atoms with van der Waals surface area (Å²) in [4.78, 5) is 13.1. The van der Waals surface area contributed by atoms with Gasteiger partial charge in [-0.05, 0) is 6.07 Å². The first-order valence-corrected chi connectivity index (χ1v) is 4.33. The summed E-state index contributed by atoms with van der Waals surface area (Å²) in [6.07, 6.45) is 2.51. The van der Waals surface area contributed by atoms with E-state index in [1.54, 1.807) is 0 Å². The molecule has 0 aliphatic carbocycles. The number of hydrogen-bond donors (Lipinski definition) is 0. The molecule has 1 aromatic heterocycles. The van der Waals surface area contributed by atoms with E-state index in [0.29, 0.717) is 0 Å². The highest BCUT2D eigenvalue weighted by Gasteiger charge is 2.09. The maximum Gasteiger partial charge on any atom is 0.305 e. The first-order valence-electron chi connectivity index (χ1n) is 3.95. The third-order valence-electron chi connectivity index (χ3n) is 0.945. The highest BCUT2D eigenvalue weighted by molar-refractivity contribution is 6.32. The van der Waals surface area contributed by atoms with Gasteiger partial charge in [0.25, 0.3) is 0 Å². The van der Waals surface area contributed by atoms with Crippen LogP contribution in [0.4, 0.5) is 5.69 Å². The number of pyridine rings is 1. The molecule has 1 rings (SSSR count). The fraction of sp³-hybridized carbons (Fsp3) is 0.222. The van der Waals surface area contributed by atoms with Crippen molar-refractivity contribution in [2.24, 2.45) is 0 Å². The van der Waals surface area contributed by atoms with Crippen LogP contribution in [-0.4, -0.2) is 9.91 Å². The van der Waals surface area contributed by atoms with Gasteiger partial charge in [-0.1, -0.05) is 25.4 Å². The normalized spacial score (nSPS) is 7.36. The van der Waals surface area contributed by atoms with Gasteiger partial charge in [0, 0.05) is 6.20 Å². The Morgan fingerprint density at radius 2 is 2.00 bits per heavy atom. The van der Waals surface area contributed by atoms with Crippen LogP contribution in [0.15, 0.2) is 31.6 Å². The van der Waals surface area contributed by atoms with Crippen molar-refractivity contribution < 1.29 is 4.92 Å². The molecule has 14 heavy (non-hydrogen) atoms. The lowest BCUT2D eigenvalue weighted by atomic mass is 10.4. The van der Waals surface area contributed by atoms with Crippen molar-refractivity contribution in [3.8, 4) is 0 Å². The van der Waals surface area contributed by atoms with Crippen LogP contribution in [0.25, 0.3) is 0 Å². The predicted molar refractivity (Wildman–Crippen MR) is 58.5 cm³/mol. The van der Waals surface area contributed by atoms with Gasteiger partial charge in [0.2, 0.25) is 0 Å². The van der Waals surface area contributed by atoms with Gasteiger partial charge < -0.3 is 0 Å². The number of nitro groups is 1. The summed E-state index contributed by atoms with van der Waals surface area (Å²) in [5, 5.41) is 10.2. The smallest absolute Gasteiger partial charge is 0.258 e. The quantitative estimate of drug-likeness (QED) is 0.410. The van der Waals surface area contributed by atoms with E-state index in [0.717, 1.165) is 6.20 Å². The number of rotatable bonds is 1. The van der Waals surface area contributed by atoms with Gasteiger partial charge in [-0.15, -0.1) is 13.2 Å². The minimum Gasteiger partial charge on any atom is -0.258 e. The van der Waals surface area contributed by atoms with Gasteiger partial charge in [0.15, 0.2) is 0 Å². The summed E-state index contributed by atoms with van der Waals surface area (Å²) < 4.78 is 0. The molecule has 0 N–H and O–H groups in total. The number of nitrogens with zero attached hydrogens (tertiary/aromatic N) is 2. The van der Waals surface area contributed by atoms with Crippen LogP contribution in [0.3, 0.4) is 0 Å². The van der Waals surface area contributed by atoms with E-state index < -0.39 is 4.92 Å². The number of halogens is 1. The summed E-state index contributed by atoms with van der Waals surface area (Å²) in [7, 11) is 0. The summed E-state index contributed by atoms with van der Waals surface area (Å²) >= 11 is 5.44. The van der Waals surface area contributed by atoms with Crippen molar-refractivity contribution in [3.63, 3.8) is 0 Å². The summed E-state index contributed by atoms with van der Waals surface area (Å²) in [5.41, 5.74) is -0.163. The van der Waals surface area contributed by atoms with Crippen LogP contribution < -0.4 is 0 Å². The SMILES string of the molecule is C=C.CC.O=[N+]([O-])c1cnccc1Cl. The Balaban J connectivity index is 0. The molecule has 0 unspecified atom stereocenters. The molecule has 0 radical (unpaired) electrons. The Morgan fingerprint density at radius 1 is 1.50 bits per heavy atom. The third kappa shape index (κ3) is 5.27. The molecule has 5 heteroatoms. The highest BCUT2D eigenvalue weighted by Crippen LogP contribution is 2.20. The van der Waals surface area contributed by atoms with Gasteiger partial charge in [-0.3, -0.25) is 15.1 Å². The second-order valence-corrected chi connectivity index (χ2v) is 1.99. The Labute approximate surface area is 88.4 Å². The van der Waals surface area contributed by atoms with Crippen LogP contribution in [0.5, 0.6) is 0 Å². The average Bonchev–Trinajstić information content (AvgIpc) is 2.24. The minimum atomic E-state index is -0.574. The van der Waals surface area contributed by atoms with E-state index in [4.69, 9.17) is 11.6 Å². The van der Waals surface area contributed by atoms with Crippen molar-refractivity contribution in [3.05, 3.63) is 46.8 Å². The van der Waals surface area contributed by atoms with Crippen LogP contribution in [0.2, 0.25) is 5.02 Å².